The first-order chi connectivity index (χ1) is 8.98. The van der Waals surface area contributed by atoms with Crippen LogP contribution >= 0.6 is 0 Å². The third-order valence-electron chi connectivity index (χ3n) is 3.73. The van der Waals surface area contributed by atoms with Crippen molar-refractivity contribution in [2.45, 2.75) is 25.7 Å². The van der Waals surface area contributed by atoms with E-state index in [1.54, 1.807) is 6.07 Å². The van der Waals surface area contributed by atoms with Crippen molar-refractivity contribution in [3.8, 4) is 6.07 Å². The topological polar surface area (TPSA) is 98.4 Å². The third-order valence-corrected chi connectivity index (χ3v) is 3.73. The molecule has 0 aliphatic heterocycles. The zero-order valence-electron chi connectivity index (χ0n) is 10.2. The van der Waals surface area contributed by atoms with Gasteiger partial charge in [0.25, 0.3) is 0 Å². The Morgan fingerprint density at radius 2 is 2.05 bits per heavy atom. The number of hydrogen-bond donors (Lipinski definition) is 2. The van der Waals surface area contributed by atoms with E-state index in [9.17, 15) is 14.7 Å². The van der Waals surface area contributed by atoms with Crippen LogP contribution in [-0.2, 0) is 17.6 Å². The second-order valence-electron chi connectivity index (χ2n) is 4.89. The Kier molecular flexibility index (Phi) is 3.26. The van der Waals surface area contributed by atoms with Gasteiger partial charge < -0.3 is 10.2 Å². The maximum atomic E-state index is 11.4. The van der Waals surface area contributed by atoms with Crippen molar-refractivity contribution >= 4 is 11.9 Å². The van der Waals surface area contributed by atoms with Gasteiger partial charge in [0.1, 0.15) is 0 Å². The van der Waals surface area contributed by atoms with E-state index in [4.69, 9.17) is 10.4 Å². The number of carbonyl (C=O) groups is 2. The lowest BCUT2D eigenvalue weighted by atomic mass is 9.69. The molecule has 0 bridgehead atoms. The fourth-order valence-corrected chi connectivity index (χ4v) is 2.55. The van der Waals surface area contributed by atoms with Gasteiger partial charge in [-0.05, 0) is 42.5 Å². The Morgan fingerprint density at radius 1 is 1.32 bits per heavy atom. The Balaban J connectivity index is 2.41. The van der Waals surface area contributed by atoms with Gasteiger partial charge >= 0.3 is 11.9 Å². The molecule has 2 rings (SSSR count). The van der Waals surface area contributed by atoms with Gasteiger partial charge in [-0.15, -0.1) is 0 Å². The summed E-state index contributed by atoms with van der Waals surface area (Å²) in [4.78, 5) is 22.4. The molecule has 1 aromatic rings. The summed E-state index contributed by atoms with van der Waals surface area (Å²) < 4.78 is 0. The highest BCUT2D eigenvalue weighted by molar-refractivity contribution is 5.88. The smallest absolute Gasteiger partial charge is 0.335 e. The minimum atomic E-state index is -1.08. The van der Waals surface area contributed by atoms with Gasteiger partial charge in [-0.25, -0.2) is 4.79 Å². The van der Waals surface area contributed by atoms with E-state index in [1.165, 1.54) is 12.1 Å². The van der Waals surface area contributed by atoms with Crippen molar-refractivity contribution < 1.29 is 19.8 Å². The molecule has 0 spiro atoms. The lowest BCUT2D eigenvalue weighted by Crippen LogP contribution is -2.36. The molecule has 5 heteroatoms. The quantitative estimate of drug-likeness (QED) is 0.863. The van der Waals surface area contributed by atoms with Crippen LogP contribution in [0.2, 0.25) is 0 Å². The van der Waals surface area contributed by atoms with Gasteiger partial charge in [0, 0.05) is 0 Å². The molecule has 0 radical (unpaired) electrons. The molecular formula is C14H13NO4. The molecule has 0 saturated carbocycles. The molecule has 0 amide bonds. The number of carboxylic acids is 2. The zero-order chi connectivity index (χ0) is 14.0. The second-order valence-corrected chi connectivity index (χ2v) is 4.89. The molecule has 0 heterocycles. The van der Waals surface area contributed by atoms with Crippen LogP contribution in [0.1, 0.15) is 34.3 Å². The average molecular weight is 259 g/mol. The van der Waals surface area contributed by atoms with E-state index in [-0.39, 0.29) is 18.4 Å². The molecule has 2 N–H and O–H groups in total. The van der Waals surface area contributed by atoms with Gasteiger partial charge in [-0.1, -0.05) is 6.07 Å². The van der Waals surface area contributed by atoms with Crippen LogP contribution in [-0.4, -0.2) is 22.2 Å². The van der Waals surface area contributed by atoms with E-state index in [2.05, 4.69) is 0 Å². The minimum absolute atomic E-state index is 0.0565. The van der Waals surface area contributed by atoms with E-state index in [0.29, 0.717) is 12.8 Å². The molecule has 1 aliphatic rings. The summed E-state index contributed by atoms with van der Waals surface area (Å²) in [6.45, 7) is 0. The summed E-state index contributed by atoms with van der Waals surface area (Å²) in [6.07, 6.45) is 1.13. The number of nitrogens with zero attached hydrogens (tertiary/aromatic N) is 1. The number of aryl methyl sites for hydroxylation is 1. The van der Waals surface area contributed by atoms with Crippen LogP contribution < -0.4 is 0 Å². The van der Waals surface area contributed by atoms with Crippen molar-refractivity contribution in [3.05, 3.63) is 34.9 Å². The van der Waals surface area contributed by atoms with Gasteiger partial charge in [-0.2, -0.15) is 5.26 Å². The lowest BCUT2D eigenvalue weighted by molar-refractivity contribution is -0.149. The standard InChI is InChI=1S/C14H13NO4/c15-6-5-14(13(18)19)4-3-9-1-2-10(12(16)17)7-11(9)8-14/h1-2,7H,3-5,8H2,(H,16,17)(H,18,19). The Hall–Kier alpha value is -2.35. The van der Waals surface area contributed by atoms with Gasteiger partial charge in [0.15, 0.2) is 0 Å². The molecule has 0 fully saturated rings. The minimum Gasteiger partial charge on any atom is -0.481 e. The van der Waals surface area contributed by atoms with E-state index in [1.807, 2.05) is 6.07 Å². The third kappa shape index (κ3) is 2.29. The highest BCUT2D eigenvalue weighted by Crippen LogP contribution is 2.38. The highest BCUT2D eigenvalue weighted by Gasteiger charge is 2.41. The van der Waals surface area contributed by atoms with Crippen molar-refractivity contribution in [1.82, 2.24) is 0 Å². The Morgan fingerprint density at radius 3 is 2.63 bits per heavy atom. The molecule has 1 unspecified atom stereocenters. The summed E-state index contributed by atoms with van der Waals surface area (Å²) in [5, 5.41) is 27.1. The summed E-state index contributed by atoms with van der Waals surface area (Å²) >= 11 is 0. The number of nitriles is 1. The zero-order valence-corrected chi connectivity index (χ0v) is 10.2. The van der Waals surface area contributed by atoms with Gasteiger partial charge in [-0.3, -0.25) is 4.79 Å². The SMILES string of the molecule is N#CCC1(C(=O)O)CCc2ccc(C(=O)O)cc2C1. The average Bonchev–Trinajstić information content (AvgIpc) is 2.38. The van der Waals surface area contributed by atoms with Gasteiger partial charge in [0.2, 0.25) is 0 Å². The lowest BCUT2D eigenvalue weighted by Gasteiger charge is -2.32. The monoisotopic (exact) mass is 259 g/mol. The van der Waals surface area contributed by atoms with Crippen LogP contribution in [0.25, 0.3) is 0 Å². The van der Waals surface area contributed by atoms with E-state index in [0.717, 1.165) is 11.1 Å². The first-order valence-electron chi connectivity index (χ1n) is 5.94. The Labute approximate surface area is 110 Å². The number of benzene rings is 1. The number of carboxylic acid groups (broad SMARTS) is 2. The summed E-state index contributed by atoms with van der Waals surface area (Å²) in [6, 6.07) is 6.71. The fraction of sp³-hybridized carbons (Fsp3) is 0.357. The van der Waals surface area contributed by atoms with Crippen molar-refractivity contribution in [3.63, 3.8) is 0 Å². The van der Waals surface area contributed by atoms with E-state index >= 15 is 0 Å². The first-order valence-corrected chi connectivity index (χ1v) is 5.94. The van der Waals surface area contributed by atoms with Crippen molar-refractivity contribution in [1.29, 1.82) is 5.26 Å². The molecule has 1 aromatic carbocycles. The van der Waals surface area contributed by atoms with Crippen molar-refractivity contribution in [2.24, 2.45) is 5.41 Å². The van der Waals surface area contributed by atoms with Crippen LogP contribution in [0.4, 0.5) is 0 Å². The highest BCUT2D eigenvalue weighted by atomic mass is 16.4. The maximum Gasteiger partial charge on any atom is 0.335 e. The molecule has 98 valence electrons. The molecule has 0 saturated heterocycles. The Bertz CT molecular complexity index is 588. The normalized spacial score (nSPS) is 21.2. The number of rotatable bonds is 3. The summed E-state index contributed by atoms with van der Waals surface area (Å²) in [5.41, 5.74) is 0.763. The van der Waals surface area contributed by atoms with Gasteiger partial charge in [0.05, 0.1) is 23.5 Å². The number of fused-ring (bicyclic) bond motifs is 1. The molecular weight excluding hydrogens is 246 g/mol. The molecule has 1 atom stereocenters. The number of aromatic carboxylic acids is 1. The summed E-state index contributed by atoms with van der Waals surface area (Å²) in [5.74, 6) is -2.02. The predicted octanol–water partition coefficient (Wildman–Crippen LogP) is 1.86. The second kappa shape index (κ2) is 4.73. The summed E-state index contributed by atoms with van der Waals surface area (Å²) in [7, 11) is 0. The largest absolute Gasteiger partial charge is 0.481 e. The van der Waals surface area contributed by atoms with Crippen LogP contribution in [0.5, 0.6) is 0 Å². The predicted molar refractivity (Wildman–Crippen MR) is 65.7 cm³/mol. The molecule has 1 aliphatic carbocycles. The number of aliphatic carboxylic acids is 1. The molecule has 19 heavy (non-hydrogen) atoms. The van der Waals surface area contributed by atoms with Crippen LogP contribution in [0.15, 0.2) is 18.2 Å². The number of hydrogen-bond acceptors (Lipinski definition) is 3. The molecule has 0 aromatic heterocycles. The van der Waals surface area contributed by atoms with Crippen molar-refractivity contribution in [2.75, 3.05) is 0 Å². The van der Waals surface area contributed by atoms with Crippen LogP contribution in [0, 0.1) is 16.7 Å². The fourth-order valence-electron chi connectivity index (χ4n) is 2.55. The van der Waals surface area contributed by atoms with Crippen LogP contribution in [0.3, 0.4) is 0 Å². The van der Waals surface area contributed by atoms with E-state index < -0.39 is 17.4 Å². The molecule has 5 nitrogen and oxygen atoms in total. The first kappa shape index (κ1) is 13.1. The maximum absolute atomic E-state index is 11.4.